The Kier molecular flexibility index (Phi) is 5.15. The number of carbonyl (C=O) groups excluding carboxylic acids is 1. The number of amides is 1. The van der Waals surface area contributed by atoms with E-state index in [1.807, 2.05) is 25.7 Å². The molecule has 2 aliphatic rings. The molecule has 2 heterocycles. The van der Waals surface area contributed by atoms with Gasteiger partial charge in [-0.2, -0.15) is 0 Å². The number of likely N-dealkylation sites (tertiary alicyclic amines) is 2. The molecule has 0 aromatic rings. The Morgan fingerprint density at radius 3 is 2.38 bits per heavy atom. The number of ether oxygens (including phenoxy) is 1. The fourth-order valence-corrected chi connectivity index (χ4v) is 3.32. The highest BCUT2D eigenvalue weighted by molar-refractivity contribution is 5.68. The number of nitrogens with one attached hydrogen (secondary N) is 1. The quantitative estimate of drug-likeness (QED) is 0.847. The van der Waals surface area contributed by atoms with Crippen LogP contribution in [0.5, 0.6) is 0 Å². The van der Waals surface area contributed by atoms with E-state index in [-0.39, 0.29) is 12.1 Å². The largest absolute Gasteiger partial charge is 0.444 e. The van der Waals surface area contributed by atoms with Crippen LogP contribution in [-0.2, 0) is 4.74 Å². The van der Waals surface area contributed by atoms with E-state index < -0.39 is 5.60 Å². The highest BCUT2D eigenvalue weighted by Crippen LogP contribution is 2.21. The smallest absolute Gasteiger partial charge is 0.410 e. The molecule has 122 valence electrons. The summed E-state index contributed by atoms with van der Waals surface area (Å²) in [7, 11) is 2.18. The zero-order valence-corrected chi connectivity index (χ0v) is 14.2. The maximum atomic E-state index is 12.2. The van der Waals surface area contributed by atoms with Crippen LogP contribution in [0.4, 0.5) is 4.79 Å². The van der Waals surface area contributed by atoms with Gasteiger partial charge in [0.2, 0.25) is 0 Å². The third-order valence-electron chi connectivity index (χ3n) is 4.37. The first-order valence-corrected chi connectivity index (χ1v) is 8.19. The van der Waals surface area contributed by atoms with E-state index in [0.717, 1.165) is 25.9 Å². The van der Waals surface area contributed by atoms with Crippen molar-refractivity contribution in [3.63, 3.8) is 0 Å². The number of rotatable bonds is 2. The lowest BCUT2D eigenvalue weighted by Crippen LogP contribution is -2.52. The first kappa shape index (κ1) is 16.6. The second-order valence-electron chi connectivity index (χ2n) is 7.66. The van der Waals surface area contributed by atoms with Gasteiger partial charge >= 0.3 is 6.09 Å². The summed E-state index contributed by atoms with van der Waals surface area (Å²) in [4.78, 5) is 16.4. The average molecular weight is 297 g/mol. The zero-order valence-electron chi connectivity index (χ0n) is 14.2. The molecule has 0 aromatic carbocycles. The predicted octanol–water partition coefficient (Wildman–Crippen LogP) is 2.07. The van der Waals surface area contributed by atoms with Gasteiger partial charge in [0.15, 0.2) is 0 Å². The van der Waals surface area contributed by atoms with Crippen LogP contribution in [0.3, 0.4) is 0 Å². The standard InChI is InChI=1S/C16H31N3O2/c1-12-10-13(17-14-6-8-18(5)11-14)7-9-19(12)15(20)21-16(2,3)4/h12-14,17H,6-11H2,1-5H3. The van der Waals surface area contributed by atoms with Crippen LogP contribution in [-0.4, -0.2) is 66.3 Å². The highest BCUT2D eigenvalue weighted by Gasteiger charge is 2.33. The summed E-state index contributed by atoms with van der Waals surface area (Å²) in [6, 6.07) is 1.38. The topological polar surface area (TPSA) is 44.8 Å². The summed E-state index contributed by atoms with van der Waals surface area (Å²) >= 11 is 0. The summed E-state index contributed by atoms with van der Waals surface area (Å²) in [5, 5.41) is 3.77. The number of likely N-dealkylation sites (N-methyl/N-ethyl adjacent to an activating group) is 1. The molecule has 2 rings (SSSR count). The van der Waals surface area contributed by atoms with Crippen molar-refractivity contribution in [2.75, 3.05) is 26.7 Å². The van der Waals surface area contributed by atoms with E-state index in [9.17, 15) is 4.79 Å². The summed E-state index contributed by atoms with van der Waals surface area (Å²) < 4.78 is 5.49. The molecule has 0 radical (unpaired) electrons. The van der Waals surface area contributed by atoms with Crippen LogP contribution in [0, 0.1) is 0 Å². The summed E-state index contributed by atoms with van der Waals surface area (Å²) in [6.07, 6.45) is 3.09. The van der Waals surface area contributed by atoms with Crippen molar-refractivity contribution in [3.8, 4) is 0 Å². The van der Waals surface area contributed by atoms with Crippen LogP contribution in [0.25, 0.3) is 0 Å². The van der Waals surface area contributed by atoms with Crippen molar-refractivity contribution in [1.29, 1.82) is 0 Å². The van der Waals surface area contributed by atoms with E-state index in [0.29, 0.717) is 12.1 Å². The Labute approximate surface area is 129 Å². The van der Waals surface area contributed by atoms with Gasteiger partial charge in [-0.05, 0) is 60.5 Å². The Morgan fingerprint density at radius 1 is 1.19 bits per heavy atom. The van der Waals surface area contributed by atoms with Crippen molar-refractivity contribution >= 4 is 6.09 Å². The highest BCUT2D eigenvalue weighted by atomic mass is 16.6. The third kappa shape index (κ3) is 4.85. The lowest BCUT2D eigenvalue weighted by molar-refractivity contribution is 0.00904. The molecule has 2 aliphatic heterocycles. The summed E-state index contributed by atoms with van der Waals surface area (Å²) in [5.41, 5.74) is -0.416. The van der Waals surface area contributed by atoms with Crippen molar-refractivity contribution in [2.45, 2.75) is 70.7 Å². The minimum atomic E-state index is -0.416. The molecule has 5 heteroatoms. The Morgan fingerprint density at radius 2 is 1.86 bits per heavy atom. The van der Waals surface area contributed by atoms with Gasteiger partial charge in [-0.15, -0.1) is 0 Å². The second kappa shape index (κ2) is 6.53. The van der Waals surface area contributed by atoms with Crippen molar-refractivity contribution < 1.29 is 9.53 Å². The van der Waals surface area contributed by atoms with E-state index in [4.69, 9.17) is 4.74 Å². The average Bonchev–Trinajstić information content (AvgIpc) is 2.72. The van der Waals surface area contributed by atoms with Gasteiger partial charge in [0.05, 0.1) is 0 Å². The van der Waals surface area contributed by atoms with E-state index in [1.54, 1.807) is 0 Å². The molecular weight excluding hydrogens is 266 g/mol. The maximum Gasteiger partial charge on any atom is 0.410 e. The van der Waals surface area contributed by atoms with Gasteiger partial charge in [-0.1, -0.05) is 0 Å². The number of carbonyl (C=O) groups is 1. The molecule has 21 heavy (non-hydrogen) atoms. The summed E-state index contributed by atoms with van der Waals surface area (Å²) in [5.74, 6) is 0. The van der Waals surface area contributed by atoms with Gasteiger partial charge in [0.1, 0.15) is 5.60 Å². The minimum Gasteiger partial charge on any atom is -0.444 e. The lowest BCUT2D eigenvalue weighted by atomic mass is 9.97. The SMILES string of the molecule is CC1CC(NC2CCN(C)C2)CCN1C(=O)OC(C)(C)C. The molecule has 0 saturated carbocycles. The number of nitrogens with zero attached hydrogens (tertiary/aromatic N) is 2. The van der Waals surface area contributed by atoms with Crippen molar-refractivity contribution in [3.05, 3.63) is 0 Å². The maximum absolute atomic E-state index is 12.2. The van der Waals surface area contributed by atoms with Gasteiger partial charge in [0.25, 0.3) is 0 Å². The molecule has 0 spiro atoms. The van der Waals surface area contributed by atoms with Crippen LogP contribution in [0.15, 0.2) is 0 Å². The molecule has 5 nitrogen and oxygen atoms in total. The first-order valence-electron chi connectivity index (χ1n) is 8.19. The number of hydrogen-bond acceptors (Lipinski definition) is 4. The van der Waals surface area contributed by atoms with E-state index in [2.05, 4.69) is 24.2 Å². The van der Waals surface area contributed by atoms with Gasteiger partial charge in [0, 0.05) is 31.2 Å². The Balaban J connectivity index is 1.80. The van der Waals surface area contributed by atoms with Gasteiger partial charge in [-0.3, -0.25) is 0 Å². The van der Waals surface area contributed by atoms with E-state index in [1.165, 1.54) is 13.0 Å². The van der Waals surface area contributed by atoms with Crippen LogP contribution < -0.4 is 5.32 Å². The Bertz CT molecular complexity index is 367. The molecule has 0 aromatic heterocycles. The third-order valence-corrected chi connectivity index (χ3v) is 4.37. The molecule has 2 fully saturated rings. The molecule has 2 saturated heterocycles. The first-order chi connectivity index (χ1) is 9.74. The number of hydrogen-bond donors (Lipinski definition) is 1. The fraction of sp³-hybridized carbons (Fsp3) is 0.938. The molecule has 3 atom stereocenters. The molecule has 0 bridgehead atoms. The fourth-order valence-electron chi connectivity index (χ4n) is 3.32. The van der Waals surface area contributed by atoms with Crippen LogP contribution >= 0.6 is 0 Å². The normalized spacial score (nSPS) is 31.5. The van der Waals surface area contributed by atoms with Crippen LogP contribution in [0.1, 0.15) is 47.0 Å². The van der Waals surface area contributed by atoms with Crippen molar-refractivity contribution in [1.82, 2.24) is 15.1 Å². The van der Waals surface area contributed by atoms with Gasteiger partial charge in [-0.25, -0.2) is 4.79 Å². The monoisotopic (exact) mass is 297 g/mol. The number of piperidine rings is 1. The zero-order chi connectivity index (χ0) is 15.6. The van der Waals surface area contributed by atoms with Crippen molar-refractivity contribution in [2.24, 2.45) is 0 Å². The van der Waals surface area contributed by atoms with Crippen LogP contribution in [0.2, 0.25) is 0 Å². The van der Waals surface area contributed by atoms with E-state index >= 15 is 0 Å². The molecule has 3 unspecified atom stereocenters. The molecule has 1 amide bonds. The molecule has 0 aliphatic carbocycles. The molecule has 1 N–H and O–H groups in total. The summed E-state index contributed by atoms with van der Waals surface area (Å²) in [6.45, 7) is 11.0. The predicted molar refractivity (Wildman–Crippen MR) is 84.5 cm³/mol. The minimum absolute atomic E-state index is 0.172. The lowest BCUT2D eigenvalue weighted by Gasteiger charge is -2.39. The second-order valence-corrected chi connectivity index (χ2v) is 7.66. The molecular formula is C16H31N3O2. The Hall–Kier alpha value is -0.810. The van der Waals surface area contributed by atoms with Gasteiger partial charge < -0.3 is 19.9 Å².